The summed E-state index contributed by atoms with van der Waals surface area (Å²) in [6, 6.07) is 9.57. The number of rotatable bonds is 4. The molecule has 0 aliphatic carbocycles. The molecule has 0 bridgehead atoms. The lowest BCUT2D eigenvalue weighted by molar-refractivity contribution is -0.131. The fourth-order valence-electron chi connectivity index (χ4n) is 4.04. The lowest BCUT2D eigenvalue weighted by Crippen LogP contribution is -2.52. The van der Waals surface area contributed by atoms with Gasteiger partial charge in [-0.1, -0.05) is 13.0 Å². The van der Waals surface area contributed by atoms with Crippen molar-refractivity contribution in [2.24, 2.45) is 0 Å². The lowest BCUT2D eigenvalue weighted by Gasteiger charge is -2.43. The van der Waals surface area contributed by atoms with Gasteiger partial charge in [0.05, 0.1) is 18.6 Å². The maximum absolute atomic E-state index is 13.3. The second kappa shape index (κ2) is 7.93. The summed E-state index contributed by atoms with van der Waals surface area (Å²) >= 11 is 1.55. The van der Waals surface area contributed by atoms with Crippen LogP contribution in [-0.2, 0) is 10.2 Å². The Hall–Kier alpha value is -3.57. The summed E-state index contributed by atoms with van der Waals surface area (Å²) in [4.78, 5) is 24.2. The van der Waals surface area contributed by atoms with E-state index in [0.29, 0.717) is 17.9 Å². The number of aromatic nitrogens is 2. The number of thiophene rings is 1. The molecule has 0 saturated carbocycles. The van der Waals surface area contributed by atoms with Crippen LogP contribution in [0.15, 0.2) is 48.2 Å². The molecule has 0 aromatic carbocycles. The van der Waals surface area contributed by atoms with Crippen molar-refractivity contribution in [2.45, 2.75) is 24.7 Å². The molecule has 31 heavy (non-hydrogen) atoms. The number of nitrogens with zero attached hydrogens (tertiary/aromatic N) is 4. The maximum Gasteiger partial charge on any atom is 0.236 e. The van der Waals surface area contributed by atoms with Gasteiger partial charge in [0.15, 0.2) is 0 Å². The van der Waals surface area contributed by atoms with Crippen molar-refractivity contribution in [3.05, 3.63) is 64.2 Å². The number of hydrogen-bond acceptors (Lipinski definition) is 7. The third kappa shape index (κ3) is 3.57. The summed E-state index contributed by atoms with van der Waals surface area (Å²) < 4.78 is 5.16. The average Bonchev–Trinajstić information content (AvgIpc) is 3.29. The minimum absolute atomic E-state index is 0.131. The molecule has 1 saturated heterocycles. The van der Waals surface area contributed by atoms with Crippen molar-refractivity contribution in [3.8, 4) is 23.1 Å². The normalized spacial score (nSPS) is 21.1. The maximum atomic E-state index is 13.3. The number of nitriles is 1. The van der Waals surface area contributed by atoms with E-state index in [-0.39, 0.29) is 11.7 Å². The first-order valence-electron chi connectivity index (χ1n) is 9.67. The number of amides is 1. The van der Waals surface area contributed by atoms with Crippen molar-refractivity contribution in [1.82, 2.24) is 14.9 Å². The van der Waals surface area contributed by atoms with Gasteiger partial charge < -0.3 is 9.64 Å². The van der Waals surface area contributed by atoms with Crippen LogP contribution in [0.2, 0.25) is 0 Å². The predicted molar refractivity (Wildman–Crippen MR) is 118 cm³/mol. The Bertz CT molecular complexity index is 1200. The molecule has 4 rings (SSSR count). The number of likely N-dealkylation sites (tertiary alicyclic amines) is 1. The molecular formula is C23H21N5O2S. The molecule has 3 aromatic heterocycles. The van der Waals surface area contributed by atoms with Gasteiger partial charge in [0, 0.05) is 54.0 Å². The van der Waals surface area contributed by atoms with E-state index in [9.17, 15) is 10.1 Å². The van der Waals surface area contributed by atoms with Crippen LogP contribution >= 0.6 is 11.3 Å². The molecule has 0 spiro atoms. The molecule has 1 N–H and O–H groups in total. The van der Waals surface area contributed by atoms with Crippen LogP contribution in [0.25, 0.3) is 11.1 Å². The number of nitrogens with one attached hydrogen (secondary N) is 1. The van der Waals surface area contributed by atoms with Gasteiger partial charge in [-0.2, -0.15) is 5.26 Å². The highest BCUT2D eigenvalue weighted by molar-refractivity contribution is 7.10. The van der Waals surface area contributed by atoms with E-state index in [4.69, 9.17) is 10.1 Å². The summed E-state index contributed by atoms with van der Waals surface area (Å²) in [5.41, 5.74) is 2.46. The number of amidine groups is 1. The largest absolute Gasteiger partial charge is 0.481 e. The number of methoxy groups -OCH3 is 1. The summed E-state index contributed by atoms with van der Waals surface area (Å²) in [5.74, 6) is 0.153. The second-order valence-corrected chi connectivity index (χ2v) is 8.69. The zero-order valence-electron chi connectivity index (χ0n) is 17.4. The van der Waals surface area contributed by atoms with Gasteiger partial charge in [0.2, 0.25) is 11.8 Å². The third-order valence-electron chi connectivity index (χ3n) is 5.82. The molecule has 3 aromatic rings. The van der Waals surface area contributed by atoms with E-state index in [2.05, 4.69) is 16.0 Å². The molecular weight excluding hydrogens is 410 g/mol. The van der Waals surface area contributed by atoms with Gasteiger partial charge >= 0.3 is 0 Å². The van der Waals surface area contributed by atoms with Crippen LogP contribution in [0.1, 0.15) is 35.3 Å². The van der Waals surface area contributed by atoms with Crippen molar-refractivity contribution >= 4 is 23.1 Å². The van der Waals surface area contributed by atoms with Gasteiger partial charge in [0.25, 0.3) is 0 Å². The molecule has 0 radical (unpaired) electrons. The van der Waals surface area contributed by atoms with E-state index in [1.807, 2.05) is 24.4 Å². The molecule has 156 valence electrons. The van der Waals surface area contributed by atoms with Gasteiger partial charge in [-0.3, -0.25) is 15.2 Å². The molecule has 4 heterocycles. The first-order valence-corrected chi connectivity index (χ1v) is 10.5. The molecule has 8 heteroatoms. The Kier molecular flexibility index (Phi) is 5.29. The summed E-state index contributed by atoms with van der Waals surface area (Å²) in [6.45, 7) is 2.03. The van der Waals surface area contributed by atoms with Crippen LogP contribution in [0, 0.1) is 16.7 Å². The Morgan fingerprint density at radius 1 is 1.29 bits per heavy atom. The zero-order valence-corrected chi connectivity index (χ0v) is 18.2. The SMILES string of the molecule is COc1ccc(C2C(=O)N(C)C(=N)C[C@]2(C)c2cc(-c3cncc(C#N)c3)cs2)cn1. The molecule has 2 atom stereocenters. The first kappa shape index (κ1) is 20.7. The molecule has 1 aliphatic rings. The van der Waals surface area contributed by atoms with Crippen molar-refractivity contribution in [2.75, 3.05) is 14.2 Å². The van der Waals surface area contributed by atoms with Gasteiger partial charge in [-0.25, -0.2) is 4.98 Å². The first-order chi connectivity index (χ1) is 14.9. The molecule has 1 amide bonds. The van der Waals surface area contributed by atoms with E-state index in [1.54, 1.807) is 50.0 Å². The number of pyridine rings is 2. The molecule has 7 nitrogen and oxygen atoms in total. The second-order valence-electron chi connectivity index (χ2n) is 7.78. The number of likely N-dealkylation sites (N-methyl/N-ethyl adjacent to an activating group) is 1. The predicted octanol–water partition coefficient (Wildman–Crippen LogP) is 3.97. The van der Waals surface area contributed by atoms with Crippen LogP contribution in [0.5, 0.6) is 5.88 Å². The van der Waals surface area contributed by atoms with Crippen LogP contribution in [0.3, 0.4) is 0 Å². The number of hydrogen-bond donors (Lipinski definition) is 1. The molecule has 1 unspecified atom stereocenters. The van der Waals surface area contributed by atoms with Crippen LogP contribution in [-0.4, -0.2) is 40.8 Å². The van der Waals surface area contributed by atoms with Crippen LogP contribution < -0.4 is 4.74 Å². The number of ether oxygens (including phenoxy) is 1. The fourth-order valence-corrected chi connectivity index (χ4v) is 5.15. The highest BCUT2D eigenvalue weighted by Gasteiger charge is 2.49. The zero-order chi connectivity index (χ0) is 22.2. The van der Waals surface area contributed by atoms with E-state index in [0.717, 1.165) is 21.6 Å². The number of piperidine rings is 1. The third-order valence-corrected chi connectivity index (χ3v) is 7.03. The molecule has 1 fully saturated rings. The number of carbonyl (C=O) groups excluding carboxylic acids is 1. The lowest BCUT2D eigenvalue weighted by atomic mass is 9.67. The standard InChI is InChI=1S/C23H21N5O2S/c1-23(18-7-17(13-31-18)16-6-14(9-24)10-26-11-16)8-19(25)28(2)22(29)21(23)15-4-5-20(30-3)27-12-15/h4-7,10-13,21,25H,8H2,1-3H3/t21?,23-/m1/s1. The van der Waals surface area contributed by atoms with Gasteiger partial charge in [-0.05, 0) is 28.6 Å². The van der Waals surface area contributed by atoms with E-state index in [1.165, 1.54) is 11.1 Å². The summed E-state index contributed by atoms with van der Waals surface area (Å²) in [6.07, 6.45) is 5.35. The number of carbonyl (C=O) groups is 1. The quantitative estimate of drug-likeness (QED) is 0.673. The van der Waals surface area contributed by atoms with Crippen molar-refractivity contribution < 1.29 is 9.53 Å². The van der Waals surface area contributed by atoms with Crippen LogP contribution in [0.4, 0.5) is 0 Å². The summed E-state index contributed by atoms with van der Waals surface area (Å²) in [5, 5.41) is 19.6. The van der Waals surface area contributed by atoms with E-state index < -0.39 is 11.3 Å². The van der Waals surface area contributed by atoms with Crippen molar-refractivity contribution in [3.63, 3.8) is 0 Å². The van der Waals surface area contributed by atoms with Gasteiger partial charge in [0.1, 0.15) is 11.9 Å². The Morgan fingerprint density at radius 3 is 2.77 bits per heavy atom. The Labute approximate surface area is 184 Å². The Balaban J connectivity index is 1.79. The smallest absolute Gasteiger partial charge is 0.236 e. The van der Waals surface area contributed by atoms with Crippen molar-refractivity contribution in [1.29, 1.82) is 10.7 Å². The minimum atomic E-state index is -0.611. The highest BCUT2D eigenvalue weighted by Crippen LogP contribution is 2.48. The highest BCUT2D eigenvalue weighted by atomic mass is 32.1. The summed E-state index contributed by atoms with van der Waals surface area (Å²) in [7, 11) is 3.20. The average molecular weight is 432 g/mol. The monoisotopic (exact) mass is 431 g/mol. The van der Waals surface area contributed by atoms with Gasteiger partial charge in [-0.15, -0.1) is 11.3 Å². The topological polar surface area (TPSA) is 103 Å². The Morgan fingerprint density at radius 2 is 2.10 bits per heavy atom. The molecule has 1 aliphatic heterocycles. The fraction of sp³-hybridized carbons (Fsp3) is 0.261. The van der Waals surface area contributed by atoms with E-state index >= 15 is 0 Å². The minimum Gasteiger partial charge on any atom is -0.481 e.